The van der Waals surface area contributed by atoms with Crippen LogP contribution in [0.2, 0.25) is 5.02 Å². The third-order valence-corrected chi connectivity index (χ3v) is 3.90. The van der Waals surface area contributed by atoms with E-state index in [1.165, 1.54) is 12.1 Å². The van der Waals surface area contributed by atoms with Gasteiger partial charge in [-0.15, -0.1) is 12.4 Å². The van der Waals surface area contributed by atoms with Crippen LogP contribution in [0.1, 0.15) is 5.56 Å². The molecule has 0 atom stereocenters. The second-order valence-corrected chi connectivity index (χ2v) is 5.61. The molecule has 2 aromatic carbocycles. The predicted octanol–water partition coefficient (Wildman–Crippen LogP) is 3.89. The van der Waals surface area contributed by atoms with Crippen LogP contribution in [0, 0.1) is 10.1 Å². The second-order valence-electron chi connectivity index (χ2n) is 5.20. The molecule has 26 heavy (non-hydrogen) atoms. The van der Waals surface area contributed by atoms with Gasteiger partial charge in [-0.25, -0.2) is 0 Å². The van der Waals surface area contributed by atoms with Crippen LogP contribution in [-0.2, 0) is 6.54 Å². The molecule has 9 heteroatoms. The van der Waals surface area contributed by atoms with Crippen LogP contribution in [0.4, 0.5) is 11.4 Å². The smallest absolute Gasteiger partial charge is 0.271 e. The normalized spacial score (nSPS) is 9.96. The number of rotatable bonds is 9. The number of nitrogens with one attached hydrogen (secondary N) is 2. The zero-order valence-corrected chi connectivity index (χ0v) is 16.0. The highest BCUT2D eigenvalue weighted by Gasteiger charge is 2.09. The molecule has 2 rings (SSSR count). The van der Waals surface area contributed by atoms with Crippen LogP contribution < -0.4 is 20.1 Å². The summed E-state index contributed by atoms with van der Waals surface area (Å²) in [6.07, 6.45) is 0. The topological polar surface area (TPSA) is 85.7 Å². The van der Waals surface area contributed by atoms with E-state index in [4.69, 9.17) is 21.1 Å². The number of anilines is 1. The fraction of sp³-hybridized carbons (Fsp3) is 0.294. The van der Waals surface area contributed by atoms with Gasteiger partial charge in [0.05, 0.1) is 29.9 Å². The van der Waals surface area contributed by atoms with Crippen molar-refractivity contribution in [3.63, 3.8) is 0 Å². The zero-order chi connectivity index (χ0) is 18.2. The second kappa shape index (κ2) is 10.7. The fourth-order valence-electron chi connectivity index (χ4n) is 2.27. The summed E-state index contributed by atoms with van der Waals surface area (Å²) >= 11 is 6.03. The van der Waals surface area contributed by atoms with Crippen molar-refractivity contribution in [2.24, 2.45) is 0 Å². The third kappa shape index (κ3) is 5.94. The molecule has 0 heterocycles. The van der Waals surface area contributed by atoms with Crippen molar-refractivity contribution >= 4 is 35.4 Å². The molecule has 0 aromatic heterocycles. The van der Waals surface area contributed by atoms with Crippen molar-refractivity contribution in [3.8, 4) is 11.5 Å². The van der Waals surface area contributed by atoms with Crippen LogP contribution in [0.15, 0.2) is 36.4 Å². The van der Waals surface area contributed by atoms with Gasteiger partial charge in [-0.05, 0) is 12.1 Å². The summed E-state index contributed by atoms with van der Waals surface area (Å²) in [6, 6.07) is 10.0. The average molecular weight is 402 g/mol. The molecule has 0 amide bonds. The van der Waals surface area contributed by atoms with E-state index in [0.29, 0.717) is 30.3 Å². The maximum absolute atomic E-state index is 10.7. The molecule has 0 saturated heterocycles. The zero-order valence-electron chi connectivity index (χ0n) is 14.5. The van der Waals surface area contributed by atoms with Gasteiger partial charge in [0.2, 0.25) is 0 Å². The molecule has 0 spiro atoms. The number of ether oxygens (including phenoxy) is 2. The van der Waals surface area contributed by atoms with E-state index in [9.17, 15) is 10.1 Å². The van der Waals surface area contributed by atoms with E-state index in [-0.39, 0.29) is 18.1 Å². The van der Waals surface area contributed by atoms with Gasteiger partial charge in [-0.2, -0.15) is 0 Å². The molecule has 2 N–H and O–H groups in total. The summed E-state index contributed by atoms with van der Waals surface area (Å²) in [5.74, 6) is 1.51. The van der Waals surface area contributed by atoms with Gasteiger partial charge in [0.25, 0.3) is 5.69 Å². The quantitative estimate of drug-likeness (QED) is 0.376. The number of hydrogen-bond donors (Lipinski definition) is 2. The monoisotopic (exact) mass is 401 g/mol. The molecule has 0 radical (unpaired) electrons. The van der Waals surface area contributed by atoms with Gasteiger partial charge in [0.15, 0.2) is 0 Å². The summed E-state index contributed by atoms with van der Waals surface area (Å²) in [7, 11) is 3.23. The molecule has 0 aliphatic heterocycles. The molecular weight excluding hydrogens is 381 g/mol. The Hall–Kier alpha value is -2.22. The molecular formula is C17H21Cl2N3O4. The summed E-state index contributed by atoms with van der Waals surface area (Å²) in [5.41, 5.74) is 1.66. The molecule has 2 aromatic rings. The molecule has 0 aliphatic rings. The van der Waals surface area contributed by atoms with Crippen LogP contribution in [0.5, 0.6) is 11.5 Å². The van der Waals surface area contributed by atoms with Gasteiger partial charge < -0.3 is 20.1 Å². The highest BCUT2D eigenvalue weighted by molar-refractivity contribution is 6.33. The number of methoxy groups -OCH3 is 2. The maximum atomic E-state index is 10.7. The summed E-state index contributed by atoms with van der Waals surface area (Å²) in [5, 5.41) is 17.5. The lowest BCUT2D eigenvalue weighted by atomic mass is 10.2. The highest BCUT2D eigenvalue weighted by Crippen LogP contribution is 2.26. The van der Waals surface area contributed by atoms with Crippen molar-refractivity contribution in [1.82, 2.24) is 5.32 Å². The van der Waals surface area contributed by atoms with Crippen molar-refractivity contribution in [1.29, 1.82) is 0 Å². The Morgan fingerprint density at radius 2 is 1.88 bits per heavy atom. The minimum absolute atomic E-state index is 0. The Morgan fingerprint density at radius 3 is 2.50 bits per heavy atom. The van der Waals surface area contributed by atoms with Crippen molar-refractivity contribution in [3.05, 3.63) is 57.1 Å². The lowest BCUT2D eigenvalue weighted by molar-refractivity contribution is -0.384. The van der Waals surface area contributed by atoms with Gasteiger partial charge in [0.1, 0.15) is 11.5 Å². The molecule has 0 unspecified atom stereocenters. The number of nitro groups is 1. The van der Waals surface area contributed by atoms with Gasteiger partial charge >= 0.3 is 0 Å². The van der Waals surface area contributed by atoms with Crippen LogP contribution in [0.3, 0.4) is 0 Å². The van der Waals surface area contributed by atoms with E-state index >= 15 is 0 Å². The Bertz CT molecular complexity index is 744. The highest BCUT2D eigenvalue weighted by atomic mass is 35.5. The Balaban J connectivity index is 0.00000338. The number of benzene rings is 2. The molecule has 0 aliphatic carbocycles. The minimum Gasteiger partial charge on any atom is -0.497 e. The van der Waals surface area contributed by atoms with Crippen molar-refractivity contribution in [2.45, 2.75) is 6.54 Å². The van der Waals surface area contributed by atoms with Crippen molar-refractivity contribution < 1.29 is 14.4 Å². The molecule has 0 saturated carbocycles. The summed E-state index contributed by atoms with van der Waals surface area (Å²) in [6.45, 7) is 1.95. The Labute approximate surface area is 163 Å². The SMILES string of the molecule is COc1ccc(CNCCNc2ccc([N+](=O)[O-])cc2Cl)c(OC)c1.Cl. The molecule has 142 valence electrons. The first-order chi connectivity index (χ1) is 12.0. The van der Waals surface area contributed by atoms with E-state index in [0.717, 1.165) is 17.1 Å². The number of non-ortho nitro benzene ring substituents is 1. The van der Waals surface area contributed by atoms with E-state index in [2.05, 4.69) is 10.6 Å². The Morgan fingerprint density at radius 1 is 1.12 bits per heavy atom. The number of nitrogens with zero attached hydrogens (tertiary/aromatic N) is 1. The van der Waals surface area contributed by atoms with Crippen molar-refractivity contribution in [2.75, 3.05) is 32.6 Å². The van der Waals surface area contributed by atoms with Gasteiger partial charge in [-0.1, -0.05) is 17.7 Å². The molecule has 0 fully saturated rings. The predicted molar refractivity (Wildman–Crippen MR) is 105 cm³/mol. The number of hydrogen-bond acceptors (Lipinski definition) is 6. The van der Waals surface area contributed by atoms with Crippen LogP contribution in [-0.4, -0.2) is 32.2 Å². The standard InChI is InChI=1S/C17H20ClN3O4.ClH/c1-24-14-5-3-12(17(10-14)25-2)11-19-7-8-20-16-6-4-13(21(22)23)9-15(16)18;/h3-6,9-10,19-20H,7-8,11H2,1-2H3;1H. The summed E-state index contributed by atoms with van der Waals surface area (Å²) in [4.78, 5) is 10.2. The van der Waals surface area contributed by atoms with Crippen LogP contribution >= 0.6 is 24.0 Å². The van der Waals surface area contributed by atoms with E-state index in [1.807, 2.05) is 18.2 Å². The Kier molecular flexibility index (Phi) is 8.98. The lowest BCUT2D eigenvalue weighted by Gasteiger charge is -2.12. The van der Waals surface area contributed by atoms with Gasteiger partial charge in [-0.3, -0.25) is 10.1 Å². The first-order valence-corrected chi connectivity index (χ1v) is 8.02. The summed E-state index contributed by atoms with van der Waals surface area (Å²) < 4.78 is 10.5. The van der Waals surface area contributed by atoms with E-state index < -0.39 is 4.92 Å². The maximum Gasteiger partial charge on any atom is 0.271 e. The third-order valence-electron chi connectivity index (χ3n) is 3.59. The van der Waals surface area contributed by atoms with Crippen LogP contribution in [0.25, 0.3) is 0 Å². The molecule has 0 bridgehead atoms. The number of nitro benzene ring substituents is 1. The van der Waals surface area contributed by atoms with Gasteiger partial charge in [0, 0.05) is 43.4 Å². The number of halogens is 2. The first-order valence-electron chi connectivity index (χ1n) is 7.64. The minimum atomic E-state index is -0.473. The first kappa shape index (κ1) is 21.8. The fourth-order valence-corrected chi connectivity index (χ4v) is 2.51. The average Bonchev–Trinajstić information content (AvgIpc) is 2.62. The van der Waals surface area contributed by atoms with E-state index in [1.54, 1.807) is 20.3 Å². The largest absolute Gasteiger partial charge is 0.497 e. The lowest BCUT2D eigenvalue weighted by Crippen LogP contribution is -2.22. The molecule has 7 nitrogen and oxygen atoms in total.